The van der Waals surface area contributed by atoms with Gasteiger partial charge in [0.2, 0.25) is 0 Å². The maximum absolute atomic E-state index is 13.0. The zero-order valence-electron chi connectivity index (χ0n) is 15.8. The lowest BCUT2D eigenvalue weighted by molar-refractivity contribution is -0.137. The largest absolute Gasteiger partial charge is 0.463 e. The molecule has 3 rings (SSSR count). The van der Waals surface area contributed by atoms with Gasteiger partial charge in [0, 0.05) is 6.20 Å². The Kier molecular flexibility index (Phi) is 6.51. The molecule has 9 heteroatoms. The minimum absolute atomic E-state index is 0.124. The second-order valence-corrected chi connectivity index (χ2v) is 7.25. The minimum Gasteiger partial charge on any atom is -0.463 e. The number of carbonyl (C=O) groups is 1. The van der Waals surface area contributed by atoms with Crippen LogP contribution in [0.25, 0.3) is 12.2 Å². The molecule has 5 nitrogen and oxygen atoms in total. The number of pyridine rings is 1. The molecule has 0 N–H and O–H groups in total. The third-order valence-electron chi connectivity index (χ3n) is 4.03. The van der Waals surface area contributed by atoms with Gasteiger partial charge in [-0.2, -0.15) is 13.2 Å². The number of ether oxygens (including phenoxy) is 1. The molecule has 0 aliphatic carbocycles. The standard InChI is InChI=1S/C21H17F3N2O3S/c1-2-29-19(27)12-18-26(13-14-6-5-7-15(10-14)21(22,23)24)20(28)17(30-18)11-16-8-3-4-9-25-16/h3-12H,2,13H2,1H3/b17-11+,18-12-. The van der Waals surface area contributed by atoms with E-state index in [-0.39, 0.29) is 23.4 Å². The lowest BCUT2D eigenvalue weighted by Crippen LogP contribution is -2.32. The first-order valence-electron chi connectivity index (χ1n) is 8.95. The van der Waals surface area contributed by atoms with Gasteiger partial charge < -0.3 is 4.74 Å². The topological polar surface area (TPSA) is 61.2 Å². The summed E-state index contributed by atoms with van der Waals surface area (Å²) in [6.45, 7) is 1.68. The predicted molar refractivity (Wildman–Crippen MR) is 107 cm³/mol. The lowest BCUT2D eigenvalue weighted by Gasteiger charge is -2.09. The molecule has 0 atom stereocenters. The van der Waals surface area contributed by atoms with E-state index in [4.69, 9.17) is 4.74 Å². The van der Waals surface area contributed by atoms with E-state index in [2.05, 4.69) is 4.98 Å². The van der Waals surface area contributed by atoms with E-state index < -0.39 is 23.3 Å². The van der Waals surface area contributed by atoms with Crippen LogP contribution in [-0.4, -0.2) is 22.1 Å². The number of hydrogen-bond acceptors (Lipinski definition) is 5. The first-order chi connectivity index (χ1) is 14.3. The number of aromatic nitrogens is 2. The highest BCUT2D eigenvalue weighted by molar-refractivity contribution is 7.07. The molecule has 30 heavy (non-hydrogen) atoms. The molecule has 156 valence electrons. The van der Waals surface area contributed by atoms with Gasteiger partial charge in [-0.05, 0) is 42.8 Å². The zero-order valence-corrected chi connectivity index (χ0v) is 16.7. The average Bonchev–Trinajstić information content (AvgIpc) is 2.97. The zero-order chi connectivity index (χ0) is 21.7. The van der Waals surface area contributed by atoms with Gasteiger partial charge >= 0.3 is 12.1 Å². The Bertz CT molecular complexity index is 1210. The van der Waals surface area contributed by atoms with Crippen LogP contribution in [0.15, 0.2) is 53.5 Å². The summed E-state index contributed by atoms with van der Waals surface area (Å²) in [7, 11) is 0. The van der Waals surface area contributed by atoms with Gasteiger partial charge in [0.1, 0.15) is 4.66 Å². The molecule has 0 aliphatic heterocycles. The van der Waals surface area contributed by atoms with Gasteiger partial charge in [-0.1, -0.05) is 18.2 Å². The summed E-state index contributed by atoms with van der Waals surface area (Å²) < 4.78 is 45.8. The van der Waals surface area contributed by atoms with Gasteiger partial charge in [-0.15, -0.1) is 11.3 Å². The van der Waals surface area contributed by atoms with Crippen molar-refractivity contribution < 1.29 is 22.7 Å². The van der Waals surface area contributed by atoms with Crippen LogP contribution in [0.3, 0.4) is 0 Å². The molecule has 2 heterocycles. The van der Waals surface area contributed by atoms with Crippen molar-refractivity contribution in [1.29, 1.82) is 0 Å². The second kappa shape index (κ2) is 9.08. The van der Waals surface area contributed by atoms with Crippen molar-refractivity contribution in [2.24, 2.45) is 0 Å². The Balaban J connectivity index is 2.12. The number of halogens is 3. The molecule has 0 saturated carbocycles. The Morgan fingerprint density at radius 1 is 1.23 bits per heavy atom. The highest BCUT2D eigenvalue weighted by Gasteiger charge is 2.30. The maximum Gasteiger partial charge on any atom is 0.416 e. The van der Waals surface area contributed by atoms with E-state index in [0.717, 1.165) is 23.5 Å². The molecule has 3 aromatic rings. The molecular formula is C21H17F3N2O3S. The van der Waals surface area contributed by atoms with Crippen molar-refractivity contribution in [3.05, 3.63) is 85.0 Å². The third-order valence-corrected chi connectivity index (χ3v) is 5.09. The Hall–Kier alpha value is -3.20. The van der Waals surface area contributed by atoms with Crippen LogP contribution in [0.5, 0.6) is 0 Å². The molecule has 0 spiro atoms. The van der Waals surface area contributed by atoms with E-state index in [1.165, 1.54) is 22.8 Å². The van der Waals surface area contributed by atoms with Crippen molar-refractivity contribution >= 4 is 29.5 Å². The summed E-state index contributed by atoms with van der Waals surface area (Å²) in [5.41, 5.74) is -0.407. The number of esters is 1. The molecule has 0 unspecified atom stereocenters. The maximum atomic E-state index is 13.0. The summed E-state index contributed by atoms with van der Waals surface area (Å²) in [6, 6.07) is 9.94. The van der Waals surface area contributed by atoms with Gasteiger partial charge in [0.05, 0.1) is 35.0 Å². The Morgan fingerprint density at radius 3 is 2.70 bits per heavy atom. The van der Waals surface area contributed by atoms with Gasteiger partial charge in [0.25, 0.3) is 5.56 Å². The fourth-order valence-electron chi connectivity index (χ4n) is 2.70. The van der Waals surface area contributed by atoms with E-state index in [1.807, 2.05) is 0 Å². The first-order valence-corrected chi connectivity index (χ1v) is 9.76. The van der Waals surface area contributed by atoms with E-state index in [9.17, 15) is 22.8 Å². The fraction of sp³-hybridized carbons (Fsp3) is 0.190. The van der Waals surface area contributed by atoms with Crippen molar-refractivity contribution in [3.8, 4) is 0 Å². The molecule has 0 bridgehead atoms. The average molecular weight is 434 g/mol. The Morgan fingerprint density at radius 2 is 2.03 bits per heavy atom. The quantitative estimate of drug-likeness (QED) is 0.579. The SMILES string of the molecule is CCOC(=O)/C=c1\s/c(=C/c2ccccn2)c(=O)n1Cc1cccc(C(F)(F)F)c1. The van der Waals surface area contributed by atoms with E-state index in [1.54, 1.807) is 37.4 Å². The smallest absolute Gasteiger partial charge is 0.416 e. The summed E-state index contributed by atoms with van der Waals surface area (Å²) in [4.78, 5) is 29.0. The monoisotopic (exact) mass is 434 g/mol. The Labute approximate surface area is 173 Å². The van der Waals surface area contributed by atoms with E-state index in [0.29, 0.717) is 10.2 Å². The molecule has 2 aromatic heterocycles. The van der Waals surface area contributed by atoms with Crippen LogP contribution in [0.4, 0.5) is 13.2 Å². The molecule has 0 amide bonds. The van der Waals surface area contributed by atoms with Crippen LogP contribution in [0, 0.1) is 0 Å². The number of nitrogens with zero attached hydrogens (tertiary/aromatic N) is 2. The summed E-state index contributed by atoms with van der Waals surface area (Å²) in [6.07, 6.45) is -0.184. The van der Waals surface area contributed by atoms with Crippen LogP contribution >= 0.6 is 11.3 Å². The highest BCUT2D eigenvalue weighted by atomic mass is 32.1. The first kappa shape index (κ1) is 21.5. The molecular weight excluding hydrogens is 417 g/mol. The second-order valence-electron chi connectivity index (χ2n) is 6.19. The van der Waals surface area contributed by atoms with Crippen molar-refractivity contribution in [3.63, 3.8) is 0 Å². The van der Waals surface area contributed by atoms with Crippen LogP contribution < -0.4 is 14.8 Å². The minimum atomic E-state index is -4.49. The summed E-state index contributed by atoms with van der Waals surface area (Å²) in [5, 5.41) is 0. The van der Waals surface area contributed by atoms with E-state index >= 15 is 0 Å². The third kappa shape index (κ3) is 5.24. The molecule has 0 saturated heterocycles. The van der Waals surface area contributed by atoms with Crippen molar-refractivity contribution in [2.75, 3.05) is 6.61 Å². The molecule has 0 aliphatic rings. The number of benzene rings is 1. The van der Waals surface area contributed by atoms with Crippen LogP contribution in [0.2, 0.25) is 0 Å². The van der Waals surface area contributed by atoms with Crippen LogP contribution in [-0.2, 0) is 22.3 Å². The number of alkyl halides is 3. The number of thiazole rings is 1. The summed E-state index contributed by atoms with van der Waals surface area (Å²) >= 11 is 1.04. The molecule has 1 aromatic carbocycles. The number of carbonyl (C=O) groups excluding carboxylic acids is 1. The molecule has 0 radical (unpaired) electrons. The van der Waals surface area contributed by atoms with Crippen LogP contribution in [0.1, 0.15) is 23.7 Å². The highest BCUT2D eigenvalue weighted by Crippen LogP contribution is 2.29. The van der Waals surface area contributed by atoms with Gasteiger partial charge in [0.15, 0.2) is 0 Å². The normalized spacial score (nSPS) is 12.9. The number of rotatable bonds is 5. The molecule has 0 fully saturated rings. The van der Waals surface area contributed by atoms with Crippen molar-refractivity contribution in [2.45, 2.75) is 19.6 Å². The van der Waals surface area contributed by atoms with Crippen molar-refractivity contribution in [1.82, 2.24) is 9.55 Å². The lowest BCUT2D eigenvalue weighted by atomic mass is 10.1. The predicted octanol–water partition coefficient (Wildman–Crippen LogP) is 2.54. The van der Waals surface area contributed by atoms with Gasteiger partial charge in [-0.25, -0.2) is 4.79 Å². The number of hydrogen-bond donors (Lipinski definition) is 0. The summed E-state index contributed by atoms with van der Waals surface area (Å²) in [5.74, 6) is -0.638. The fourth-order valence-corrected chi connectivity index (χ4v) is 3.72. The van der Waals surface area contributed by atoms with Gasteiger partial charge in [-0.3, -0.25) is 14.3 Å².